The summed E-state index contributed by atoms with van der Waals surface area (Å²) < 4.78 is 12.9. The number of hydrogen-bond donors (Lipinski definition) is 1. The summed E-state index contributed by atoms with van der Waals surface area (Å²) in [6.45, 7) is 3.97. The van der Waals surface area contributed by atoms with Crippen molar-refractivity contribution >= 4 is 5.78 Å². The molecular formula is C13H18FNO. The van der Waals surface area contributed by atoms with E-state index >= 15 is 0 Å². The maximum atomic E-state index is 12.9. The average Bonchev–Trinajstić information content (AvgIpc) is 2.16. The van der Waals surface area contributed by atoms with E-state index in [1.807, 2.05) is 13.8 Å². The summed E-state index contributed by atoms with van der Waals surface area (Å²) in [5.74, 6) is 0.0433. The van der Waals surface area contributed by atoms with Crippen LogP contribution in [0.15, 0.2) is 24.3 Å². The number of nitrogens with two attached hydrogens (primary N) is 1. The van der Waals surface area contributed by atoms with Crippen molar-refractivity contribution in [1.29, 1.82) is 0 Å². The quantitative estimate of drug-likeness (QED) is 0.832. The Balaban J connectivity index is 2.52. The summed E-state index contributed by atoms with van der Waals surface area (Å²) in [6.07, 6.45) is 0.617. The number of carbonyl (C=O) groups excluding carboxylic acids is 1. The summed E-state index contributed by atoms with van der Waals surface area (Å²) in [4.78, 5) is 11.6. The van der Waals surface area contributed by atoms with Crippen LogP contribution in [0.5, 0.6) is 0 Å². The molecule has 0 spiro atoms. The van der Waals surface area contributed by atoms with E-state index in [4.69, 9.17) is 5.73 Å². The number of halogens is 1. The molecular weight excluding hydrogens is 205 g/mol. The van der Waals surface area contributed by atoms with Crippen LogP contribution in [-0.2, 0) is 11.2 Å². The lowest BCUT2D eigenvalue weighted by atomic mass is 9.97. The lowest BCUT2D eigenvalue weighted by Crippen LogP contribution is -2.29. The van der Waals surface area contributed by atoms with Gasteiger partial charge in [0, 0.05) is 18.9 Å². The first kappa shape index (κ1) is 12.8. The molecule has 0 heterocycles. The minimum absolute atomic E-state index is 0.0619. The highest BCUT2D eigenvalue weighted by molar-refractivity contribution is 5.81. The molecule has 0 aliphatic heterocycles. The smallest absolute Gasteiger partial charge is 0.138 e. The van der Waals surface area contributed by atoms with Crippen molar-refractivity contribution in [3.05, 3.63) is 35.6 Å². The van der Waals surface area contributed by atoms with Gasteiger partial charge in [-0.25, -0.2) is 4.39 Å². The van der Waals surface area contributed by atoms with E-state index in [0.717, 1.165) is 0 Å². The molecule has 2 N–H and O–H groups in total. The lowest BCUT2D eigenvalue weighted by molar-refractivity contribution is -0.118. The van der Waals surface area contributed by atoms with Gasteiger partial charge >= 0.3 is 0 Å². The fourth-order valence-corrected chi connectivity index (χ4v) is 1.45. The fraction of sp³-hybridized carbons (Fsp3) is 0.462. The van der Waals surface area contributed by atoms with Crippen molar-refractivity contribution in [3.63, 3.8) is 0 Å². The molecule has 16 heavy (non-hydrogen) atoms. The second-order valence-electron chi connectivity index (χ2n) is 4.46. The Bertz CT molecular complexity index is 363. The molecule has 0 saturated heterocycles. The molecule has 0 aromatic heterocycles. The van der Waals surface area contributed by atoms with Gasteiger partial charge in [-0.1, -0.05) is 26.0 Å². The number of Topliss-reactive ketones (excluding diaryl/α,β-unsaturated/α-hetero) is 1. The minimum atomic E-state index is -0.307. The van der Waals surface area contributed by atoms with Crippen LogP contribution in [0.4, 0.5) is 4.39 Å². The molecule has 0 aliphatic carbocycles. The molecule has 3 heteroatoms. The fourth-order valence-electron chi connectivity index (χ4n) is 1.45. The average molecular weight is 223 g/mol. The van der Waals surface area contributed by atoms with Gasteiger partial charge in [0.25, 0.3) is 0 Å². The molecule has 2 nitrogen and oxygen atoms in total. The number of benzene rings is 1. The van der Waals surface area contributed by atoms with E-state index in [2.05, 4.69) is 0 Å². The molecule has 0 amide bonds. The Hall–Kier alpha value is -1.22. The third-order valence-electron chi connectivity index (χ3n) is 2.61. The second-order valence-corrected chi connectivity index (χ2v) is 4.46. The highest BCUT2D eigenvalue weighted by Crippen LogP contribution is 2.09. The number of hydrogen-bond acceptors (Lipinski definition) is 2. The van der Waals surface area contributed by atoms with E-state index in [1.54, 1.807) is 12.1 Å². The van der Waals surface area contributed by atoms with Crippen LogP contribution in [0.3, 0.4) is 0 Å². The minimum Gasteiger partial charge on any atom is -0.327 e. The van der Waals surface area contributed by atoms with E-state index < -0.39 is 0 Å². The highest BCUT2D eigenvalue weighted by atomic mass is 19.1. The molecule has 1 aromatic carbocycles. The third kappa shape index (κ3) is 4.11. The Morgan fingerprint density at radius 3 is 2.69 bits per heavy atom. The van der Waals surface area contributed by atoms with Gasteiger partial charge in [-0.2, -0.15) is 0 Å². The zero-order valence-electron chi connectivity index (χ0n) is 9.74. The molecule has 0 aliphatic rings. The van der Waals surface area contributed by atoms with Crippen molar-refractivity contribution in [2.24, 2.45) is 11.7 Å². The maximum Gasteiger partial charge on any atom is 0.138 e. The summed E-state index contributed by atoms with van der Waals surface area (Å²) in [5, 5.41) is 0. The van der Waals surface area contributed by atoms with Crippen molar-refractivity contribution < 1.29 is 9.18 Å². The summed E-state index contributed by atoms with van der Waals surface area (Å²) in [5.41, 5.74) is 6.52. The standard InChI is InChI=1S/C13H18FNO/c1-9(2)13(15)8-12(16)7-10-4-3-5-11(14)6-10/h3-6,9,13H,7-8,15H2,1-2H3. The first-order chi connectivity index (χ1) is 7.49. The second kappa shape index (κ2) is 5.75. The van der Waals surface area contributed by atoms with Crippen LogP contribution < -0.4 is 5.73 Å². The third-order valence-corrected chi connectivity index (χ3v) is 2.61. The monoisotopic (exact) mass is 223 g/mol. The van der Waals surface area contributed by atoms with Crippen LogP contribution in [0.2, 0.25) is 0 Å². The summed E-state index contributed by atoms with van der Waals surface area (Å²) >= 11 is 0. The van der Waals surface area contributed by atoms with E-state index in [1.165, 1.54) is 12.1 Å². The van der Waals surface area contributed by atoms with Gasteiger partial charge < -0.3 is 5.73 Å². The molecule has 1 rings (SSSR count). The Morgan fingerprint density at radius 2 is 2.12 bits per heavy atom. The van der Waals surface area contributed by atoms with Crippen molar-refractivity contribution in [2.45, 2.75) is 32.7 Å². The molecule has 0 bridgehead atoms. The zero-order chi connectivity index (χ0) is 12.1. The number of rotatable bonds is 5. The molecule has 0 radical (unpaired) electrons. The first-order valence-electron chi connectivity index (χ1n) is 5.50. The van der Waals surface area contributed by atoms with Gasteiger partial charge in [0.15, 0.2) is 0 Å². The summed E-state index contributed by atoms with van der Waals surface area (Å²) in [7, 11) is 0. The lowest BCUT2D eigenvalue weighted by Gasteiger charge is -2.14. The summed E-state index contributed by atoms with van der Waals surface area (Å²) in [6, 6.07) is 6.01. The highest BCUT2D eigenvalue weighted by Gasteiger charge is 2.13. The van der Waals surface area contributed by atoms with Crippen LogP contribution in [-0.4, -0.2) is 11.8 Å². The number of ketones is 1. The molecule has 1 atom stereocenters. The molecule has 1 unspecified atom stereocenters. The first-order valence-corrected chi connectivity index (χ1v) is 5.50. The predicted octanol–water partition coefficient (Wildman–Crippen LogP) is 2.31. The van der Waals surface area contributed by atoms with Gasteiger partial charge in [-0.3, -0.25) is 4.79 Å². The van der Waals surface area contributed by atoms with Crippen LogP contribution in [0.25, 0.3) is 0 Å². The molecule has 1 aromatic rings. The molecule has 0 fully saturated rings. The molecule has 0 saturated carbocycles. The van der Waals surface area contributed by atoms with Crippen LogP contribution in [0, 0.1) is 11.7 Å². The van der Waals surface area contributed by atoms with Crippen LogP contribution >= 0.6 is 0 Å². The largest absolute Gasteiger partial charge is 0.327 e. The van der Waals surface area contributed by atoms with Gasteiger partial charge in [-0.05, 0) is 23.6 Å². The van der Waals surface area contributed by atoms with E-state index in [0.29, 0.717) is 12.0 Å². The predicted molar refractivity (Wildman–Crippen MR) is 62.5 cm³/mol. The number of carbonyl (C=O) groups is 1. The van der Waals surface area contributed by atoms with Crippen LogP contribution in [0.1, 0.15) is 25.8 Å². The van der Waals surface area contributed by atoms with E-state index in [-0.39, 0.29) is 30.0 Å². The topological polar surface area (TPSA) is 43.1 Å². The van der Waals surface area contributed by atoms with Crippen molar-refractivity contribution in [1.82, 2.24) is 0 Å². The van der Waals surface area contributed by atoms with E-state index in [9.17, 15) is 9.18 Å². The Kier molecular flexibility index (Phi) is 4.62. The van der Waals surface area contributed by atoms with Gasteiger partial charge in [0.2, 0.25) is 0 Å². The zero-order valence-corrected chi connectivity index (χ0v) is 9.74. The SMILES string of the molecule is CC(C)C(N)CC(=O)Cc1cccc(F)c1. The Labute approximate surface area is 95.7 Å². The van der Waals surface area contributed by atoms with Crippen molar-refractivity contribution in [2.75, 3.05) is 0 Å². The van der Waals surface area contributed by atoms with Gasteiger partial charge in [-0.15, -0.1) is 0 Å². The molecule has 88 valence electrons. The van der Waals surface area contributed by atoms with Gasteiger partial charge in [0.05, 0.1) is 0 Å². The normalized spacial score (nSPS) is 12.8. The van der Waals surface area contributed by atoms with Crippen molar-refractivity contribution in [3.8, 4) is 0 Å². The van der Waals surface area contributed by atoms with Gasteiger partial charge in [0.1, 0.15) is 11.6 Å². The maximum absolute atomic E-state index is 12.9. The Morgan fingerprint density at radius 1 is 1.44 bits per heavy atom.